The number of nitrogens with zero attached hydrogens (tertiary/aromatic N) is 1. The molecule has 1 aliphatic rings. The lowest BCUT2D eigenvalue weighted by atomic mass is 9.84. The van der Waals surface area contributed by atoms with E-state index in [2.05, 4.69) is 0 Å². The van der Waals surface area contributed by atoms with Crippen molar-refractivity contribution in [3.63, 3.8) is 0 Å². The molecule has 1 aromatic rings. The maximum absolute atomic E-state index is 12.0. The molecular weight excluding hydrogens is 230 g/mol. The molecule has 0 saturated carbocycles. The summed E-state index contributed by atoms with van der Waals surface area (Å²) in [6.07, 6.45) is 0.288. The molecule has 0 spiro atoms. The van der Waals surface area contributed by atoms with Gasteiger partial charge in [-0.2, -0.15) is 0 Å². The Kier molecular flexibility index (Phi) is 3.11. The normalized spacial score (nSPS) is 22.2. The second-order valence-corrected chi connectivity index (χ2v) is 5.41. The summed E-state index contributed by atoms with van der Waals surface area (Å²) < 4.78 is 0. The number of carboxylic acids is 1. The van der Waals surface area contributed by atoms with Gasteiger partial charge in [-0.25, -0.2) is 4.79 Å². The minimum atomic E-state index is -0.929. The Labute approximate surface area is 106 Å². The molecule has 1 aliphatic heterocycles. The lowest BCUT2D eigenvalue weighted by molar-refractivity contribution is -0.148. The zero-order chi connectivity index (χ0) is 13.3. The lowest BCUT2D eigenvalue weighted by Gasteiger charge is -2.28. The van der Waals surface area contributed by atoms with Crippen LogP contribution in [0, 0.1) is 5.41 Å². The third kappa shape index (κ3) is 2.23. The highest BCUT2D eigenvalue weighted by molar-refractivity contribution is 5.89. The molecule has 96 valence electrons. The van der Waals surface area contributed by atoms with Crippen LogP contribution in [0.4, 0.5) is 0 Å². The molecule has 1 fully saturated rings. The van der Waals surface area contributed by atoms with Crippen LogP contribution in [0.2, 0.25) is 0 Å². The summed E-state index contributed by atoms with van der Waals surface area (Å²) in [5, 5.41) is 9.32. The molecule has 0 radical (unpaired) electrons. The van der Waals surface area contributed by atoms with Crippen LogP contribution in [0.15, 0.2) is 30.3 Å². The van der Waals surface area contributed by atoms with Crippen LogP contribution in [0.25, 0.3) is 0 Å². The number of carboxylic acid groups (broad SMARTS) is 1. The Hall–Kier alpha value is -1.84. The predicted octanol–water partition coefficient (Wildman–Crippen LogP) is 1.90. The first kappa shape index (κ1) is 12.6. The van der Waals surface area contributed by atoms with Crippen molar-refractivity contribution in [3.05, 3.63) is 35.9 Å². The van der Waals surface area contributed by atoms with Gasteiger partial charge in [-0.3, -0.25) is 4.79 Å². The van der Waals surface area contributed by atoms with Crippen molar-refractivity contribution in [2.45, 2.75) is 32.9 Å². The summed E-state index contributed by atoms with van der Waals surface area (Å²) in [6.45, 7) is 4.02. The number of rotatable bonds is 3. The van der Waals surface area contributed by atoms with E-state index in [4.69, 9.17) is 0 Å². The first-order chi connectivity index (χ1) is 8.42. The average Bonchev–Trinajstić information content (AvgIpc) is 2.49. The number of carbonyl (C=O) groups excluding carboxylic acids is 1. The minimum Gasteiger partial charge on any atom is -0.480 e. The Morgan fingerprint density at radius 1 is 1.39 bits per heavy atom. The first-order valence-corrected chi connectivity index (χ1v) is 5.98. The Bertz CT molecular complexity index is 467. The molecule has 0 aliphatic carbocycles. The van der Waals surface area contributed by atoms with Gasteiger partial charge in [0.1, 0.15) is 6.04 Å². The Morgan fingerprint density at radius 2 is 2.00 bits per heavy atom. The monoisotopic (exact) mass is 247 g/mol. The molecule has 0 aromatic heterocycles. The van der Waals surface area contributed by atoms with Gasteiger partial charge in [0.05, 0.1) is 0 Å². The van der Waals surface area contributed by atoms with Gasteiger partial charge in [-0.05, 0) is 5.56 Å². The van der Waals surface area contributed by atoms with Crippen LogP contribution in [0.5, 0.6) is 0 Å². The fraction of sp³-hybridized carbons (Fsp3) is 0.429. The standard InChI is InChI=1S/C14H17NO3/c1-14(2)8-11(16)15(12(14)13(17)18)9-10-6-4-3-5-7-10/h3-7,12H,8-9H2,1-2H3,(H,17,18). The van der Waals surface area contributed by atoms with Crippen molar-refractivity contribution in [2.75, 3.05) is 0 Å². The van der Waals surface area contributed by atoms with E-state index in [1.165, 1.54) is 4.90 Å². The fourth-order valence-electron chi connectivity index (χ4n) is 2.58. The fourth-order valence-corrected chi connectivity index (χ4v) is 2.58. The van der Waals surface area contributed by atoms with Gasteiger partial charge in [0.25, 0.3) is 0 Å². The zero-order valence-electron chi connectivity index (χ0n) is 10.6. The third-order valence-electron chi connectivity index (χ3n) is 3.41. The number of benzene rings is 1. The largest absolute Gasteiger partial charge is 0.480 e. The van der Waals surface area contributed by atoms with Crippen molar-refractivity contribution in [1.29, 1.82) is 0 Å². The highest BCUT2D eigenvalue weighted by Crippen LogP contribution is 2.37. The van der Waals surface area contributed by atoms with Gasteiger partial charge in [-0.15, -0.1) is 0 Å². The lowest BCUT2D eigenvalue weighted by Crippen LogP contribution is -2.43. The molecule has 1 heterocycles. The zero-order valence-corrected chi connectivity index (χ0v) is 10.6. The van der Waals surface area contributed by atoms with Crippen LogP contribution < -0.4 is 0 Å². The number of carbonyl (C=O) groups is 2. The Balaban J connectivity index is 2.26. The van der Waals surface area contributed by atoms with Crippen molar-refractivity contribution in [1.82, 2.24) is 4.90 Å². The SMILES string of the molecule is CC1(C)CC(=O)N(Cc2ccccc2)C1C(=O)O. The Morgan fingerprint density at radius 3 is 2.56 bits per heavy atom. The molecule has 1 unspecified atom stereocenters. The van der Waals surface area contributed by atoms with Gasteiger partial charge in [-0.1, -0.05) is 44.2 Å². The van der Waals surface area contributed by atoms with E-state index in [-0.39, 0.29) is 12.3 Å². The molecule has 4 heteroatoms. The topological polar surface area (TPSA) is 57.6 Å². The van der Waals surface area contributed by atoms with Crippen molar-refractivity contribution in [3.8, 4) is 0 Å². The summed E-state index contributed by atoms with van der Waals surface area (Å²) in [5.74, 6) is -1.02. The van der Waals surface area contributed by atoms with E-state index in [9.17, 15) is 14.7 Å². The number of likely N-dealkylation sites (tertiary alicyclic amines) is 1. The van der Waals surface area contributed by atoms with Crippen LogP contribution in [0.3, 0.4) is 0 Å². The number of hydrogen-bond acceptors (Lipinski definition) is 2. The summed E-state index contributed by atoms with van der Waals surface area (Å²) in [6, 6.07) is 8.72. The van der Waals surface area contributed by atoms with Crippen LogP contribution in [-0.2, 0) is 16.1 Å². The molecule has 18 heavy (non-hydrogen) atoms. The predicted molar refractivity (Wildman–Crippen MR) is 66.8 cm³/mol. The molecule has 0 bridgehead atoms. The number of aliphatic carboxylic acids is 1. The summed E-state index contributed by atoms with van der Waals surface area (Å²) in [5.41, 5.74) is 0.437. The van der Waals surface area contributed by atoms with E-state index >= 15 is 0 Å². The summed E-state index contributed by atoms with van der Waals surface area (Å²) in [7, 11) is 0. The maximum Gasteiger partial charge on any atom is 0.327 e. The van der Waals surface area contributed by atoms with Crippen LogP contribution in [0.1, 0.15) is 25.8 Å². The van der Waals surface area contributed by atoms with Crippen molar-refractivity contribution < 1.29 is 14.7 Å². The van der Waals surface area contributed by atoms with E-state index in [1.54, 1.807) is 0 Å². The molecule has 1 saturated heterocycles. The molecule has 1 atom stereocenters. The highest BCUT2D eigenvalue weighted by atomic mass is 16.4. The smallest absolute Gasteiger partial charge is 0.327 e. The quantitative estimate of drug-likeness (QED) is 0.887. The van der Waals surface area contributed by atoms with E-state index in [1.807, 2.05) is 44.2 Å². The van der Waals surface area contributed by atoms with Gasteiger partial charge in [0.2, 0.25) is 5.91 Å². The molecule has 2 rings (SSSR count). The van der Waals surface area contributed by atoms with E-state index < -0.39 is 17.4 Å². The summed E-state index contributed by atoms with van der Waals surface area (Å²) >= 11 is 0. The average molecular weight is 247 g/mol. The van der Waals surface area contributed by atoms with Gasteiger partial charge < -0.3 is 10.0 Å². The number of hydrogen-bond donors (Lipinski definition) is 1. The molecule has 1 N–H and O–H groups in total. The molecule has 4 nitrogen and oxygen atoms in total. The number of amides is 1. The van der Waals surface area contributed by atoms with Crippen LogP contribution >= 0.6 is 0 Å². The maximum atomic E-state index is 12.0. The van der Waals surface area contributed by atoms with Crippen molar-refractivity contribution in [2.24, 2.45) is 5.41 Å². The van der Waals surface area contributed by atoms with Gasteiger partial charge in [0, 0.05) is 18.4 Å². The first-order valence-electron chi connectivity index (χ1n) is 5.98. The van der Waals surface area contributed by atoms with Crippen molar-refractivity contribution >= 4 is 11.9 Å². The van der Waals surface area contributed by atoms with Gasteiger partial charge in [0.15, 0.2) is 0 Å². The molecular formula is C14H17NO3. The molecule has 1 amide bonds. The van der Waals surface area contributed by atoms with E-state index in [0.717, 1.165) is 5.56 Å². The van der Waals surface area contributed by atoms with Crippen LogP contribution in [-0.4, -0.2) is 27.9 Å². The summed E-state index contributed by atoms with van der Waals surface area (Å²) in [4.78, 5) is 24.8. The highest BCUT2D eigenvalue weighted by Gasteiger charge is 2.49. The molecule has 1 aromatic carbocycles. The van der Waals surface area contributed by atoms with E-state index in [0.29, 0.717) is 6.54 Å². The second-order valence-electron chi connectivity index (χ2n) is 5.41. The van der Waals surface area contributed by atoms with Gasteiger partial charge >= 0.3 is 5.97 Å². The third-order valence-corrected chi connectivity index (χ3v) is 3.41. The second kappa shape index (κ2) is 4.44. The minimum absolute atomic E-state index is 0.0868.